The van der Waals surface area contributed by atoms with Crippen LogP contribution in [0.25, 0.3) is 0 Å². The molecule has 0 radical (unpaired) electrons. The Balaban J connectivity index is 0.00000182. The number of rotatable bonds is 4. The van der Waals surface area contributed by atoms with Crippen LogP contribution in [-0.4, -0.2) is 39.8 Å². The maximum absolute atomic E-state index is 11.7. The molecule has 25 heavy (non-hydrogen) atoms. The Morgan fingerprint density at radius 3 is 2.76 bits per heavy atom. The number of nitrogens with zero attached hydrogens (tertiary/aromatic N) is 1. The van der Waals surface area contributed by atoms with Gasteiger partial charge >= 0.3 is 0 Å². The highest BCUT2D eigenvalue weighted by atomic mass is 35.5. The number of hydrogen-bond acceptors (Lipinski definition) is 3. The third-order valence-corrected chi connectivity index (χ3v) is 7.12. The summed E-state index contributed by atoms with van der Waals surface area (Å²) >= 11 is 0. The fourth-order valence-electron chi connectivity index (χ4n) is 5.44. The van der Waals surface area contributed by atoms with E-state index in [0.717, 1.165) is 43.8 Å². The summed E-state index contributed by atoms with van der Waals surface area (Å²) in [4.78, 5) is 2.54. The highest BCUT2D eigenvalue weighted by molar-refractivity contribution is 5.85. The van der Waals surface area contributed by atoms with Gasteiger partial charge in [0.1, 0.15) is 5.75 Å². The van der Waals surface area contributed by atoms with E-state index < -0.39 is 5.60 Å². The molecule has 1 heterocycles. The molecule has 4 rings (SSSR count). The molecule has 0 aromatic heterocycles. The quantitative estimate of drug-likeness (QED) is 0.799. The summed E-state index contributed by atoms with van der Waals surface area (Å²) in [6.45, 7) is 8.13. The minimum atomic E-state index is -0.802. The lowest BCUT2D eigenvalue weighted by molar-refractivity contribution is -0.138. The zero-order valence-corrected chi connectivity index (χ0v) is 15.9. The number of aliphatic hydroxyl groups is 1. The van der Waals surface area contributed by atoms with Gasteiger partial charge in [-0.2, -0.15) is 0 Å². The van der Waals surface area contributed by atoms with Crippen molar-refractivity contribution in [2.75, 3.05) is 13.1 Å². The molecule has 1 saturated heterocycles. The predicted octanol–water partition coefficient (Wildman–Crippen LogP) is 3.81. The molecule has 4 heteroatoms. The SMILES string of the molecule is C=CC[C@]12CCN(CC3CCC3)[C@H](Cc3ccc(O)cc31)[C@@]2(C)O.Cl. The molecule has 0 amide bonds. The Morgan fingerprint density at radius 2 is 2.12 bits per heavy atom. The van der Waals surface area contributed by atoms with E-state index in [-0.39, 0.29) is 23.9 Å². The second-order valence-electron chi connectivity index (χ2n) is 8.33. The fourth-order valence-corrected chi connectivity index (χ4v) is 5.44. The molecule has 1 aromatic carbocycles. The lowest BCUT2D eigenvalue weighted by atomic mass is 9.53. The van der Waals surface area contributed by atoms with Crippen molar-refractivity contribution in [2.24, 2.45) is 5.92 Å². The van der Waals surface area contributed by atoms with Crippen LogP contribution in [0.15, 0.2) is 30.9 Å². The van der Waals surface area contributed by atoms with Gasteiger partial charge in [-0.25, -0.2) is 0 Å². The van der Waals surface area contributed by atoms with Crippen LogP contribution >= 0.6 is 12.4 Å². The number of benzene rings is 1. The zero-order valence-electron chi connectivity index (χ0n) is 15.1. The van der Waals surface area contributed by atoms with Gasteiger partial charge in [0.25, 0.3) is 0 Å². The van der Waals surface area contributed by atoms with E-state index in [1.165, 1.54) is 24.8 Å². The lowest BCUT2D eigenvalue weighted by Crippen LogP contribution is -2.70. The maximum atomic E-state index is 11.7. The molecule has 3 atom stereocenters. The maximum Gasteiger partial charge on any atom is 0.115 e. The summed E-state index contributed by atoms with van der Waals surface area (Å²) in [5, 5.41) is 21.7. The van der Waals surface area contributed by atoms with Gasteiger partial charge in [0.05, 0.1) is 5.60 Å². The van der Waals surface area contributed by atoms with Crippen LogP contribution in [0.4, 0.5) is 0 Å². The van der Waals surface area contributed by atoms with E-state index in [2.05, 4.69) is 17.5 Å². The highest BCUT2D eigenvalue weighted by Gasteiger charge is 2.59. The summed E-state index contributed by atoms with van der Waals surface area (Å²) < 4.78 is 0. The number of hydrogen-bond donors (Lipinski definition) is 2. The number of piperidine rings is 1. The van der Waals surface area contributed by atoms with Gasteiger partial charge in [0.2, 0.25) is 0 Å². The summed E-state index contributed by atoms with van der Waals surface area (Å²) in [7, 11) is 0. The molecule has 2 bridgehead atoms. The van der Waals surface area contributed by atoms with Crippen molar-refractivity contribution in [3.05, 3.63) is 42.0 Å². The summed E-state index contributed by atoms with van der Waals surface area (Å²) in [5.41, 5.74) is 1.28. The Bertz CT molecular complexity index is 655. The van der Waals surface area contributed by atoms with E-state index in [0.29, 0.717) is 5.75 Å². The van der Waals surface area contributed by atoms with E-state index >= 15 is 0 Å². The van der Waals surface area contributed by atoms with Crippen molar-refractivity contribution in [1.82, 2.24) is 4.90 Å². The topological polar surface area (TPSA) is 43.7 Å². The second kappa shape index (κ2) is 6.61. The monoisotopic (exact) mass is 363 g/mol. The molecular formula is C21H30ClNO2. The van der Waals surface area contributed by atoms with Gasteiger partial charge in [0.15, 0.2) is 0 Å². The number of phenols is 1. The second-order valence-corrected chi connectivity index (χ2v) is 8.33. The molecule has 0 unspecified atom stereocenters. The van der Waals surface area contributed by atoms with Gasteiger partial charge in [0, 0.05) is 18.0 Å². The summed E-state index contributed by atoms with van der Waals surface area (Å²) in [6, 6.07) is 5.87. The molecule has 2 aliphatic carbocycles. The lowest BCUT2D eigenvalue weighted by Gasteiger charge is -2.61. The predicted molar refractivity (Wildman–Crippen MR) is 103 cm³/mol. The first kappa shape index (κ1) is 18.8. The number of phenolic OH excluding ortho intramolecular Hbond substituents is 1. The Morgan fingerprint density at radius 1 is 1.36 bits per heavy atom. The van der Waals surface area contributed by atoms with Crippen molar-refractivity contribution in [2.45, 2.75) is 62.5 Å². The first-order chi connectivity index (χ1) is 11.5. The number of likely N-dealkylation sites (tertiary alicyclic amines) is 1. The smallest absolute Gasteiger partial charge is 0.115 e. The zero-order chi connectivity index (χ0) is 16.9. The van der Waals surface area contributed by atoms with E-state index in [1.54, 1.807) is 6.07 Å². The minimum absolute atomic E-state index is 0. The molecule has 138 valence electrons. The molecule has 2 N–H and O–H groups in total. The van der Waals surface area contributed by atoms with Crippen LogP contribution in [-0.2, 0) is 11.8 Å². The van der Waals surface area contributed by atoms with Crippen molar-refractivity contribution >= 4 is 12.4 Å². The van der Waals surface area contributed by atoms with Crippen LogP contribution < -0.4 is 0 Å². The Labute approximate surface area is 157 Å². The number of allylic oxidation sites excluding steroid dienone is 1. The van der Waals surface area contributed by atoms with Crippen LogP contribution in [0.2, 0.25) is 0 Å². The van der Waals surface area contributed by atoms with Crippen molar-refractivity contribution in [3.8, 4) is 5.75 Å². The van der Waals surface area contributed by atoms with Gasteiger partial charge in [-0.1, -0.05) is 18.6 Å². The van der Waals surface area contributed by atoms with Crippen LogP contribution in [0.3, 0.4) is 0 Å². The minimum Gasteiger partial charge on any atom is -0.508 e. The van der Waals surface area contributed by atoms with Gasteiger partial charge < -0.3 is 10.2 Å². The first-order valence-corrected chi connectivity index (χ1v) is 9.37. The Kier molecular flexibility index (Phi) is 4.95. The standard InChI is InChI=1S/C21H29NO2.ClH/c1-3-9-21-10-11-22(14-15-5-4-6-15)19(20(21,2)24)12-16-7-8-17(23)13-18(16)21;/h3,7-8,13,15,19,23-24H,1,4-6,9-12,14H2,2H3;1H/t19-,20-,21+;/m1./s1. The average molecular weight is 364 g/mol. The van der Waals surface area contributed by atoms with Crippen molar-refractivity contribution < 1.29 is 10.2 Å². The molecule has 1 aromatic rings. The van der Waals surface area contributed by atoms with Crippen molar-refractivity contribution in [3.63, 3.8) is 0 Å². The van der Waals surface area contributed by atoms with Gasteiger partial charge in [-0.05, 0) is 74.8 Å². The molecule has 3 nitrogen and oxygen atoms in total. The number of halogens is 1. The summed E-state index contributed by atoms with van der Waals surface area (Å²) in [5.74, 6) is 1.11. The van der Waals surface area contributed by atoms with E-state index in [1.807, 2.05) is 19.1 Å². The van der Waals surface area contributed by atoms with Crippen LogP contribution in [0.5, 0.6) is 5.75 Å². The highest BCUT2D eigenvalue weighted by Crippen LogP contribution is 2.54. The fraction of sp³-hybridized carbons (Fsp3) is 0.619. The van der Waals surface area contributed by atoms with Crippen molar-refractivity contribution in [1.29, 1.82) is 0 Å². The average Bonchev–Trinajstić information content (AvgIpc) is 2.48. The number of fused-ring (bicyclic) bond motifs is 4. The Hall–Kier alpha value is -1.03. The summed E-state index contributed by atoms with van der Waals surface area (Å²) in [6.07, 6.45) is 8.53. The number of aromatic hydroxyl groups is 1. The molecule has 0 spiro atoms. The largest absolute Gasteiger partial charge is 0.508 e. The van der Waals surface area contributed by atoms with E-state index in [4.69, 9.17) is 0 Å². The molecule has 3 aliphatic rings. The van der Waals surface area contributed by atoms with Gasteiger partial charge in [-0.15, -0.1) is 19.0 Å². The van der Waals surface area contributed by atoms with E-state index in [9.17, 15) is 10.2 Å². The first-order valence-electron chi connectivity index (χ1n) is 9.37. The van der Waals surface area contributed by atoms with Crippen LogP contribution in [0, 0.1) is 5.92 Å². The third-order valence-electron chi connectivity index (χ3n) is 7.12. The normalized spacial score (nSPS) is 34.6. The molecule has 1 saturated carbocycles. The molecular weight excluding hydrogens is 334 g/mol. The molecule has 1 aliphatic heterocycles. The molecule has 2 fully saturated rings. The van der Waals surface area contributed by atoms with Crippen LogP contribution in [0.1, 0.15) is 50.2 Å². The van der Waals surface area contributed by atoms with Gasteiger partial charge in [-0.3, -0.25) is 4.90 Å². The third kappa shape index (κ3) is 2.72.